The number of aromatic nitrogens is 3. The molecule has 1 atom stereocenters. The van der Waals surface area contributed by atoms with Crippen molar-refractivity contribution in [1.82, 2.24) is 19.7 Å². The van der Waals surface area contributed by atoms with Gasteiger partial charge in [0, 0.05) is 6.54 Å². The number of nitrogens with two attached hydrogens (primary N) is 1. The van der Waals surface area contributed by atoms with E-state index in [1.165, 1.54) is 5.56 Å². The monoisotopic (exact) mass is 291 g/mol. The highest BCUT2D eigenvalue weighted by Gasteiger charge is 2.19. The van der Waals surface area contributed by atoms with Crippen LogP contribution in [0.25, 0.3) is 0 Å². The van der Waals surface area contributed by atoms with Crippen LogP contribution in [0.5, 0.6) is 0 Å². The van der Waals surface area contributed by atoms with Crippen molar-refractivity contribution in [2.24, 2.45) is 0 Å². The Morgan fingerprint density at radius 1 is 1.30 bits per heavy atom. The van der Waals surface area contributed by atoms with Crippen LogP contribution in [0.15, 0.2) is 30.3 Å². The van der Waals surface area contributed by atoms with E-state index >= 15 is 0 Å². The molecule has 2 rings (SSSR count). The molecule has 3 N–H and O–H groups in total. The van der Waals surface area contributed by atoms with Gasteiger partial charge in [0.2, 0.25) is 5.95 Å². The molecule has 0 aliphatic heterocycles. The lowest BCUT2D eigenvalue weighted by Crippen LogP contribution is -2.31. The smallest absolute Gasteiger partial charge is 0.220 e. The lowest BCUT2D eigenvalue weighted by Gasteiger charge is -2.30. The van der Waals surface area contributed by atoms with Crippen LogP contribution in [0.2, 0.25) is 0 Å². The molecule has 0 saturated heterocycles. The summed E-state index contributed by atoms with van der Waals surface area (Å²) in [5.41, 5.74) is 7.15. The first-order valence-corrected chi connectivity index (χ1v) is 7.27. The summed E-state index contributed by atoms with van der Waals surface area (Å²) >= 11 is 5.25. The Bertz CT molecular complexity index is 585. The van der Waals surface area contributed by atoms with Crippen molar-refractivity contribution in [3.05, 3.63) is 40.7 Å². The van der Waals surface area contributed by atoms with Gasteiger partial charge in [-0.2, -0.15) is 0 Å². The lowest BCUT2D eigenvalue weighted by atomic mass is 10.1. The maximum atomic E-state index is 5.89. The number of nitrogen functional groups attached to an aromatic ring is 1. The van der Waals surface area contributed by atoms with Crippen LogP contribution in [-0.2, 0) is 6.54 Å². The summed E-state index contributed by atoms with van der Waals surface area (Å²) in [6.07, 6.45) is 0. The molecule has 0 aliphatic carbocycles. The van der Waals surface area contributed by atoms with Gasteiger partial charge >= 0.3 is 0 Å². The van der Waals surface area contributed by atoms with Crippen LogP contribution in [-0.4, -0.2) is 32.8 Å². The van der Waals surface area contributed by atoms with Gasteiger partial charge in [0.15, 0.2) is 4.77 Å². The molecule has 0 bridgehead atoms. The Balaban J connectivity index is 2.35. The Morgan fingerprint density at radius 3 is 2.45 bits per heavy atom. The minimum atomic E-state index is 0.234. The predicted octanol–water partition coefficient (Wildman–Crippen LogP) is 2.61. The molecule has 0 fully saturated rings. The van der Waals surface area contributed by atoms with Crippen LogP contribution in [0.1, 0.15) is 25.5 Å². The average molecular weight is 291 g/mol. The summed E-state index contributed by atoms with van der Waals surface area (Å²) in [5.74, 6) is 0.433. The highest BCUT2D eigenvalue weighted by Crippen LogP contribution is 2.23. The summed E-state index contributed by atoms with van der Waals surface area (Å²) < 4.78 is 2.42. The van der Waals surface area contributed by atoms with E-state index in [0.29, 0.717) is 17.3 Å². The Kier molecular flexibility index (Phi) is 4.92. The minimum absolute atomic E-state index is 0.234. The molecule has 1 aromatic carbocycles. The van der Waals surface area contributed by atoms with Crippen molar-refractivity contribution >= 4 is 18.2 Å². The number of likely N-dealkylation sites (N-methyl/N-ethyl adjacent to an activating group) is 1. The van der Waals surface area contributed by atoms with Crippen LogP contribution in [0, 0.1) is 4.77 Å². The van der Waals surface area contributed by atoms with Crippen molar-refractivity contribution in [2.75, 3.05) is 18.8 Å². The SMILES string of the molecule is CCN(CC)C(Cn1c(N)n[nH]c1=S)c1ccccc1. The first kappa shape index (κ1) is 14.7. The fourth-order valence-electron chi connectivity index (χ4n) is 2.45. The lowest BCUT2D eigenvalue weighted by molar-refractivity contribution is 0.198. The molecule has 1 unspecified atom stereocenters. The van der Waals surface area contributed by atoms with E-state index in [4.69, 9.17) is 18.0 Å². The van der Waals surface area contributed by atoms with Gasteiger partial charge in [-0.1, -0.05) is 44.2 Å². The highest BCUT2D eigenvalue weighted by molar-refractivity contribution is 7.71. The van der Waals surface area contributed by atoms with Gasteiger partial charge in [-0.05, 0) is 30.9 Å². The standard InChI is InChI=1S/C14H21N5S/c1-3-18(4-2)12(11-8-6-5-7-9-11)10-19-13(15)16-17-14(19)20/h5-9,12H,3-4,10H2,1-2H3,(H2,15,16)(H,17,20). The zero-order valence-corrected chi connectivity index (χ0v) is 12.7. The van der Waals surface area contributed by atoms with Crippen molar-refractivity contribution in [3.8, 4) is 0 Å². The minimum Gasteiger partial charge on any atom is -0.368 e. The summed E-state index contributed by atoms with van der Waals surface area (Å²) in [7, 11) is 0. The van der Waals surface area contributed by atoms with Crippen molar-refractivity contribution in [1.29, 1.82) is 0 Å². The van der Waals surface area contributed by atoms with Gasteiger partial charge in [-0.15, -0.1) is 5.10 Å². The van der Waals surface area contributed by atoms with Crippen molar-refractivity contribution in [2.45, 2.75) is 26.4 Å². The molecular weight excluding hydrogens is 270 g/mol. The Hall–Kier alpha value is -1.66. The molecule has 5 nitrogen and oxygen atoms in total. The van der Waals surface area contributed by atoms with Gasteiger partial charge in [-0.3, -0.25) is 9.47 Å². The van der Waals surface area contributed by atoms with E-state index in [9.17, 15) is 0 Å². The first-order valence-electron chi connectivity index (χ1n) is 6.87. The van der Waals surface area contributed by atoms with Gasteiger partial charge in [0.25, 0.3) is 0 Å². The molecule has 6 heteroatoms. The summed E-state index contributed by atoms with van der Waals surface area (Å²) in [6, 6.07) is 10.7. The second kappa shape index (κ2) is 6.67. The number of nitrogens with one attached hydrogen (secondary N) is 1. The molecule has 0 spiro atoms. The average Bonchev–Trinajstić information content (AvgIpc) is 2.80. The second-order valence-electron chi connectivity index (χ2n) is 4.65. The van der Waals surface area contributed by atoms with Crippen LogP contribution in [0.3, 0.4) is 0 Å². The van der Waals surface area contributed by atoms with Gasteiger partial charge in [-0.25, -0.2) is 5.10 Å². The zero-order chi connectivity index (χ0) is 14.5. The summed E-state index contributed by atoms with van der Waals surface area (Å²) in [4.78, 5) is 2.39. The Morgan fingerprint density at radius 2 is 1.95 bits per heavy atom. The normalized spacial score (nSPS) is 12.8. The van der Waals surface area contributed by atoms with Gasteiger partial charge in [0.05, 0.1) is 6.04 Å². The number of benzene rings is 1. The van der Waals surface area contributed by atoms with E-state index in [0.717, 1.165) is 13.1 Å². The predicted molar refractivity (Wildman–Crippen MR) is 83.9 cm³/mol. The zero-order valence-electron chi connectivity index (χ0n) is 11.9. The van der Waals surface area contributed by atoms with Gasteiger partial charge < -0.3 is 5.73 Å². The summed E-state index contributed by atoms with van der Waals surface area (Å²) in [5, 5.41) is 6.72. The number of hydrogen-bond acceptors (Lipinski definition) is 4. The molecule has 0 saturated carbocycles. The number of H-pyrrole nitrogens is 1. The van der Waals surface area contributed by atoms with E-state index in [1.807, 2.05) is 10.6 Å². The van der Waals surface area contributed by atoms with Crippen molar-refractivity contribution in [3.63, 3.8) is 0 Å². The number of anilines is 1. The molecule has 0 aliphatic rings. The van der Waals surface area contributed by atoms with E-state index in [-0.39, 0.29) is 6.04 Å². The number of nitrogens with zero attached hydrogens (tertiary/aromatic N) is 3. The van der Waals surface area contributed by atoms with Gasteiger partial charge in [0.1, 0.15) is 0 Å². The molecule has 0 amide bonds. The number of hydrogen-bond donors (Lipinski definition) is 2. The topological polar surface area (TPSA) is 62.9 Å². The largest absolute Gasteiger partial charge is 0.368 e. The third kappa shape index (κ3) is 3.08. The number of rotatable bonds is 6. The summed E-state index contributed by atoms with van der Waals surface area (Å²) in [6.45, 7) is 6.98. The molecule has 1 aromatic heterocycles. The molecule has 20 heavy (non-hydrogen) atoms. The van der Waals surface area contributed by atoms with Crippen LogP contribution in [0.4, 0.5) is 5.95 Å². The molecule has 2 aromatic rings. The quantitative estimate of drug-likeness (QED) is 0.803. The molecule has 108 valence electrons. The molecule has 1 heterocycles. The van der Waals surface area contributed by atoms with E-state index in [1.54, 1.807) is 0 Å². The van der Waals surface area contributed by atoms with Crippen molar-refractivity contribution < 1.29 is 0 Å². The molecular formula is C14H21N5S. The number of aromatic amines is 1. The Labute approximate surface area is 124 Å². The third-order valence-electron chi connectivity index (χ3n) is 3.58. The third-order valence-corrected chi connectivity index (χ3v) is 3.89. The fraction of sp³-hybridized carbons (Fsp3) is 0.429. The van der Waals surface area contributed by atoms with E-state index < -0.39 is 0 Å². The maximum absolute atomic E-state index is 5.89. The maximum Gasteiger partial charge on any atom is 0.220 e. The second-order valence-corrected chi connectivity index (χ2v) is 5.03. The highest BCUT2D eigenvalue weighted by atomic mass is 32.1. The van der Waals surface area contributed by atoms with E-state index in [2.05, 4.69) is 53.2 Å². The van der Waals surface area contributed by atoms with Crippen LogP contribution >= 0.6 is 12.2 Å². The molecule has 0 radical (unpaired) electrons. The first-order chi connectivity index (χ1) is 9.67. The van der Waals surface area contributed by atoms with Crippen LogP contribution < -0.4 is 5.73 Å². The fourth-order valence-corrected chi connectivity index (χ4v) is 2.66.